The van der Waals surface area contributed by atoms with Crippen molar-refractivity contribution in [1.29, 1.82) is 0 Å². The maximum Gasteiger partial charge on any atom is 0.00746 e. The minimum atomic E-state index is 0.549. The van der Waals surface area contributed by atoms with Gasteiger partial charge in [-0.3, -0.25) is 0 Å². The predicted octanol–water partition coefficient (Wildman–Crippen LogP) is 3.84. The Morgan fingerprint density at radius 3 is 2.47 bits per heavy atom. The van der Waals surface area contributed by atoms with E-state index in [0.29, 0.717) is 5.41 Å². The zero-order valence-corrected chi connectivity index (χ0v) is 11.3. The lowest BCUT2D eigenvalue weighted by atomic mass is 9.70. The summed E-state index contributed by atoms with van der Waals surface area (Å²) in [5.41, 5.74) is 0.549. The summed E-state index contributed by atoms with van der Waals surface area (Å²) < 4.78 is 0. The standard InChI is InChI=1S/C14H29N/c1-11(2)6-7-15-13-8-12(3)9-14(4,5)10-13/h11-13,15H,6-10H2,1-5H3. The van der Waals surface area contributed by atoms with E-state index in [9.17, 15) is 0 Å². The molecular formula is C14H29N. The van der Waals surface area contributed by atoms with Crippen LogP contribution in [-0.4, -0.2) is 12.6 Å². The van der Waals surface area contributed by atoms with E-state index in [2.05, 4.69) is 39.9 Å². The van der Waals surface area contributed by atoms with Gasteiger partial charge >= 0.3 is 0 Å². The minimum absolute atomic E-state index is 0.549. The first-order valence-electron chi connectivity index (χ1n) is 6.62. The van der Waals surface area contributed by atoms with E-state index in [1.165, 1.54) is 32.2 Å². The first-order valence-corrected chi connectivity index (χ1v) is 6.62. The topological polar surface area (TPSA) is 12.0 Å². The van der Waals surface area contributed by atoms with Gasteiger partial charge in [0.05, 0.1) is 0 Å². The van der Waals surface area contributed by atoms with Crippen molar-refractivity contribution in [2.24, 2.45) is 17.3 Å². The minimum Gasteiger partial charge on any atom is -0.314 e. The van der Waals surface area contributed by atoms with Gasteiger partial charge in [-0.15, -0.1) is 0 Å². The number of hydrogen-bond donors (Lipinski definition) is 1. The average Bonchev–Trinajstić information content (AvgIpc) is 1.98. The predicted molar refractivity (Wildman–Crippen MR) is 68.0 cm³/mol. The van der Waals surface area contributed by atoms with E-state index in [0.717, 1.165) is 17.9 Å². The fourth-order valence-electron chi connectivity index (χ4n) is 3.08. The highest BCUT2D eigenvalue weighted by Crippen LogP contribution is 2.38. The van der Waals surface area contributed by atoms with E-state index >= 15 is 0 Å². The number of rotatable bonds is 4. The molecule has 0 aromatic heterocycles. The molecule has 0 spiro atoms. The highest BCUT2D eigenvalue weighted by molar-refractivity contribution is 4.86. The van der Waals surface area contributed by atoms with Crippen LogP contribution in [0.25, 0.3) is 0 Å². The Morgan fingerprint density at radius 1 is 1.27 bits per heavy atom. The van der Waals surface area contributed by atoms with Gasteiger partial charge in [-0.1, -0.05) is 34.6 Å². The van der Waals surface area contributed by atoms with Gasteiger partial charge in [0.25, 0.3) is 0 Å². The second-order valence-corrected chi connectivity index (χ2v) is 6.75. The van der Waals surface area contributed by atoms with Crippen LogP contribution in [0, 0.1) is 17.3 Å². The monoisotopic (exact) mass is 211 g/mol. The van der Waals surface area contributed by atoms with Gasteiger partial charge < -0.3 is 5.32 Å². The lowest BCUT2D eigenvalue weighted by Gasteiger charge is -2.39. The van der Waals surface area contributed by atoms with E-state index < -0.39 is 0 Å². The zero-order chi connectivity index (χ0) is 11.5. The Kier molecular flexibility index (Phi) is 4.64. The summed E-state index contributed by atoms with van der Waals surface area (Å²) in [6, 6.07) is 0.766. The van der Waals surface area contributed by atoms with Gasteiger partial charge in [-0.25, -0.2) is 0 Å². The summed E-state index contributed by atoms with van der Waals surface area (Å²) >= 11 is 0. The van der Waals surface area contributed by atoms with E-state index in [1.54, 1.807) is 0 Å². The van der Waals surface area contributed by atoms with Gasteiger partial charge in [0.2, 0.25) is 0 Å². The van der Waals surface area contributed by atoms with Crippen molar-refractivity contribution in [1.82, 2.24) is 5.32 Å². The molecule has 0 heterocycles. The molecule has 0 aromatic rings. The van der Waals surface area contributed by atoms with Crippen LogP contribution in [0.2, 0.25) is 0 Å². The Labute approximate surface area is 96.0 Å². The molecule has 0 aromatic carbocycles. The first-order chi connectivity index (χ1) is 6.89. The normalized spacial score (nSPS) is 30.8. The average molecular weight is 211 g/mol. The summed E-state index contributed by atoms with van der Waals surface area (Å²) in [5.74, 6) is 1.72. The molecule has 15 heavy (non-hydrogen) atoms. The molecule has 0 bridgehead atoms. The third kappa shape index (κ3) is 5.01. The molecule has 1 N–H and O–H groups in total. The smallest absolute Gasteiger partial charge is 0.00746 e. The van der Waals surface area contributed by atoms with E-state index in [-0.39, 0.29) is 0 Å². The van der Waals surface area contributed by atoms with Crippen LogP contribution in [0.15, 0.2) is 0 Å². The summed E-state index contributed by atoms with van der Waals surface area (Å²) in [6.45, 7) is 13.0. The van der Waals surface area contributed by atoms with E-state index in [4.69, 9.17) is 0 Å². The Balaban J connectivity index is 2.29. The Bertz CT molecular complexity index is 184. The van der Waals surface area contributed by atoms with E-state index in [1.807, 2.05) is 0 Å². The summed E-state index contributed by atoms with van der Waals surface area (Å²) in [7, 11) is 0. The number of nitrogens with one attached hydrogen (secondary N) is 1. The fraction of sp³-hybridized carbons (Fsp3) is 1.00. The maximum atomic E-state index is 3.74. The molecule has 0 aliphatic heterocycles. The summed E-state index contributed by atoms with van der Waals surface area (Å²) in [4.78, 5) is 0. The van der Waals surface area contributed by atoms with Gasteiger partial charge in [-0.05, 0) is 49.5 Å². The maximum absolute atomic E-state index is 3.74. The quantitative estimate of drug-likeness (QED) is 0.745. The van der Waals surface area contributed by atoms with Gasteiger partial charge in [-0.2, -0.15) is 0 Å². The molecule has 1 fully saturated rings. The van der Waals surface area contributed by atoms with Crippen molar-refractivity contribution in [3.8, 4) is 0 Å². The molecule has 1 saturated carbocycles. The van der Waals surface area contributed by atoms with Crippen LogP contribution in [0.1, 0.15) is 60.3 Å². The SMILES string of the molecule is CC(C)CCNC1CC(C)CC(C)(C)C1. The molecule has 1 heteroatoms. The molecule has 1 aliphatic rings. The highest BCUT2D eigenvalue weighted by atomic mass is 14.9. The lowest BCUT2D eigenvalue weighted by Crippen LogP contribution is -2.40. The molecule has 1 rings (SSSR count). The van der Waals surface area contributed by atoms with Crippen LogP contribution in [0.3, 0.4) is 0 Å². The van der Waals surface area contributed by atoms with Gasteiger partial charge in [0.15, 0.2) is 0 Å². The molecule has 0 radical (unpaired) electrons. The van der Waals surface area contributed by atoms with Gasteiger partial charge in [0.1, 0.15) is 0 Å². The van der Waals surface area contributed by atoms with Crippen LogP contribution < -0.4 is 5.32 Å². The lowest BCUT2D eigenvalue weighted by molar-refractivity contribution is 0.151. The highest BCUT2D eigenvalue weighted by Gasteiger charge is 2.31. The van der Waals surface area contributed by atoms with Crippen LogP contribution in [0.4, 0.5) is 0 Å². The number of hydrogen-bond acceptors (Lipinski definition) is 1. The second-order valence-electron chi connectivity index (χ2n) is 6.75. The molecule has 0 amide bonds. The largest absolute Gasteiger partial charge is 0.314 e. The third-order valence-corrected chi connectivity index (χ3v) is 3.54. The molecule has 0 saturated heterocycles. The first kappa shape index (κ1) is 13.0. The van der Waals surface area contributed by atoms with Crippen molar-refractivity contribution in [2.45, 2.75) is 66.3 Å². The zero-order valence-electron chi connectivity index (χ0n) is 11.3. The van der Waals surface area contributed by atoms with Crippen molar-refractivity contribution in [2.75, 3.05) is 6.54 Å². The molecule has 90 valence electrons. The van der Waals surface area contributed by atoms with Crippen LogP contribution >= 0.6 is 0 Å². The Morgan fingerprint density at radius 2 is 1.93 bits per heavy atom. The molecule has 2 unspecified atom stereocenters. The van der Waals surface area contributed by atoms with Crippen molar-refractivity contribution < 1.29 is 0 Å². The molecule has 1 aliphatic carbocycles. The van der Waals surface area contributed by atoms with Gasteiger partial charge in [0, 0.05) is 6.04 Å². The summed E-state index contributed by atoms with van der Waals surface area (Å²) in [6.07, 6.45) is 5.44. The Hall–Kier alpha value is -0.0400. The third-order valence-electron chi connectivity index (χ3n) is 3.54. The molecule has 2 atom stereocenters. The second kappa shape index (κ2) is 5.34. The van der Waals surface area contributed by atoms with Crippen molar-refractivity contribution in [3.63, 3.8) is 0 Å². The summed E-state index contributed by atoms with van der Waals surface area (Å²) in [5, 5.41) is 3.74. The molecular weight excluding hydrogens is 182 g/mol. The van der Waals surface area contributed by atoms with Crippen molar-refractivity contribution >= 4 is 0 Å². The fourth-order valence-corrected chi connectivity index (χ4v) is 3.08. The molecule has 1 nitrogen and oxygen atoms in total. The van der Waals surface area contributed by atoms with Crippen LogP contribution in [0.5, 0.6) is 0 Å². The van der Waals surface area contributed by atoms with Crippen LogP contribution in [-0.2, 0) is 0 Å². The van der Waals surface area contributed by atoms with Crippen molar-refractivity contribution in [3.05, 3.63) is 0 Å².